The minimum absolute atomic E-state index is 0.159. The standard InChI is InChI=1S/C23H24ClFN4O4/c24-18-6-2-4-16(27-18)20(30)28-23(9-10-23)22(33)26-13-14-7-11-29(12-8-14)17-5-1-3-15(25)19(17)21(31)32/h1-6,14H,7-13H2,(H,26,33)(H,28,30)(H,31,32). The molecule has 33 heavy (non-hydrogen) atoms. The summed E-state index contributed by atoms with van der Waals surface area (Å²) in [6, 6.07) is 9.00. The van der Waals surface area contributed by atoms with Crippen molar-refractivity contribution < 1.29 is 23.9 Å². The van der Waals surface area contributed by atoms with Gasteiger partial charge in [-0.1, -0.05) is 23.7 Å². The topological polar surface area (TPSA) is 112 Å². The number of carboxylic acids is 1. The number of hydrogen-bond acceptors (Lipinski definition) is 5. The molecule has 0 radical (unpaired) electrons. The van der Waals surface area contributed by atoms with Crippen molar-refractivity contribution in [2.24, 2.45) is 5.92 Å². The summed E-state index contributed by atoms with van der Waals surface area (Å²) in [5.41, 5.74) is -0.698. The largest absolute Gasteiger partial charge is 0.478 e. The first kappa shape index (κ1) is 23.0. The maximum absolute atomic E-state index is 14.0. The van der Waals surface area contributed by atoms with E-state index in [0.29, 0.717) is 38.2 Å². The molecule has 3 N–H and O–H groups in total. The third-order valence-corrected chi connectivity index (χ3v) is 6.41. The Kier molecular flexibility index (Phi) is 6.51. The quantitative estimate of drug-likeness (QED) is 0.532. The molecule has 2 aliphatic rings. The molecule has 0 bridgehead atoms. The Labute approximate surface area is 195 Å². The van der Waals surface area contributed by atoms with E-state index in [1.165, 1.54) is 12.1 Å². The van der Waals surface area contributed by atoms with Gasteiger partial charge < -0.3 is 20.6 Å². The lowest BCUT2D eigenvalue weighted by Crippen LogP contribution is -2.50. The number of aromatic nitrogens is 1. The molecule has 1 saturated carbocycles. The van der Waals surface area contributed by atoms with Crippen molar-refractivity contribution in [3.8, 4) is 0 Å². The van der Waals surface area contributed by atoms with Crippen LogP contribution in [0.3, 0.4) is 0 Å². The van der Waals surface area contributed by atoms with E-state index in [-0.39, 0.29) is 28.2 Å². The van der Waals surface area contributed by atoms with Crippen LogP contribution in [0.4, 0.5) is 10.1 Å². The highest BCUT2D eigenvalue weighted by Crippen LogP contribution is 2.36. The number of carbonyl (C=O) groups excluding carboxylic acids is 2. The summed E-state index contributed by atoms with van der Waals surface area (Å²) in [6.07, 6.45) is 2.56. The van der Waals surface area contributed by atoms with Crippen molar-refractivity contribution in [2.45, 2.75) is 31.2 Å². The SMILES string of the molecule is O=C(NC1(C(=O)NCC2CCN(c3cccc(F)c3C(=O)O)CC2)CC1)c1cccc(Cl)n1. The van der Waals surface area contributed by atoms with Gasteiger partial charge in [-0.05, 0) is 55.9 Å². The molecule has 2 heterocycles. The van der Waals surface area contributed by atoms with Gasteiger partial charge in [-0.3, -0.25) is 9.59 Å². The van der Waals surface area contributed by atoms with Gasteiger partial charge in [0.25, 0.3) is 5.91 Å². The number of rotatable bonds is 7. The van der Waals surface area contributed by atoms with Crippen LogP contribution in [-0.4, -0.2) is 53.0 Å². The second kappa shape index (κ2) is 9.35. The summed E-state index contributed by atoms with van der Waals surface area (Å²) in [6.45, 7) is 1.58. The van der Waals surface area contributed by atoms with Crippen LogP contribution in [0, 0.1) is 11.7 Å². The Morgan fingerprint density at radius 3 is 2.48 bits per heavy atom. The first-order valence-electron chi connectivity index (χ1n) is 10.8. The van der Waals surface area contributed by atoms with Gasteiger partial charge in [0.1, 0.15) is 27.8 Å². The zero-order valence-corrected chi connectivity index (χ0v) is 18.6. The van der Waals surface area contributed by atoms with E-state index in [1.54, 1.807) is 18.2 Å². The van der Waals surface area contributed by atoms with Crippen LogP contribution in [0.25, 0.3) is 0 Å². The number of nitrogens with zero attached hydrogens (tertiary/aromatic N) is 2. The van der Waals surface area contributed by atoms with Crippen molar-refractivity contribution in [2.75, 3.05) is 24.5 Å². The van der Waals surface area contributed by atoms with Crippen LogP contribution in [0.1, 0.15) is 46.5 Å². The van der Waals surface area contributed by atoms with E-state index in [9.17, 15) is 23.9 Å². The van der Waals surface area contributed by atoms with E-state index in [4.69, 9.17) is 11.6 Å². The zero-order valence-electron chi connectivity index (χ0n) is 17.8. The molecule has 8 nitrogen and oxygen atoms in total. The minimum Gasteiger partial charge on any atom is -0.478 e. The van der Waals surface area contributed by atoms with Gasteiger partial charge in [-0.15, -0.1) is 0 Å². The van der Waals surface area contributed by atoms with Crippen LogP contribution in [0.15, 0.2) is 36.4 Å². The van der Waals surface area contributed by atoms with E-state index < -0.39 is 23.2 Å². The van der Waals surface area contributed by atoms with Crippen molar-refractivity contribution >= 4 is 35.1 Å². The Morgan fingerprint density at radius 1 is 1.15 bits per heavy atom. The summed E-state index contributed by atoms with van der Waals surface area (Å²) >= 11 is 5.83. The van der Waals surface area contributed by atoms with Gasteiger partial charge in [-0.2, -0.15) is 0 Å². The summed E-state index contributed by atoms with van der Waals surface area (Å²) in [5.74, 6) is -2.50. The molecule has 2 amide bonds. The molecular formula is C23H24ClFN4O4. The van der Waals surface area contributed by atoms with Gasteiger partial charge in [0.2, 0.25) is 5.91 Å². The second-order valence-corrected chi connectivity index (χ2v) is 8.85. The van der Waals surface area contributed by atoms with Crippen LogP contribution >= 0.6 is 11.6 Å². The van der Waals surface area contributed by atoms with Gasteiger partial charge >= 0.3 is 5.97 Å². The number of carbonyl (C=O) groups is 3. The number of hydrogen-bond donors (Lipinski definition) is 3. The molecule has 1 aromatic heterocycles. The highest BCUT2D eigenvalue weighted by atomic mass is 35.5. The lowest BCUT2D eigenvalue weighted by Gasteiger charge is -2.34. The maximum Gasteiger partial charge on any atom is 0.340 e. The predicted molar refractivity (Wildman–Crippen MR) is 120 cm³/mol. The molecular weight excluding hydrogens is 451 g/mol. The molecule has 0 unspecified atom stereocenters. The molecule has 174 valence electrons. The molecule has 10 heteroatoms. The van der Waals surface area contributed by atoms with E-state index in [2.05, 4.69) is 15.6 Å². The van der Waals surface area contributed by atoms with Crippen LogP contribution < -0.4 is 15.5 Å². The van der Waals surface area contributed by atoms with E-state index >= 15 is 0 Å². The lowest BCUT2D eigenvalue weighted by molar-refractivity contribution is -0.124. The monoisotopic (exact) mass is 474 g/mol. The van der Waals surface area contributed by atoms with Crippen molar-refractivity contribution in [3.05, 3.63) is 58.6 Å². The molecule has 1 aromatic carbocycles. The fourth-order valence-corrected chi connectivity index (χ4v) is 4.29. The first-order chi connectivity index (χ1) is 15.8. The molecule has 4 rings (SSSR count). The van der Waals surface area contributed by atoms with Crippen LogP contribution in [0.2, 0.25) is 5.15 Å². The third-order valence-electron chi connectivity index (χ3n) is 6.20. The summed E-state index contributed by atoms with van der Waals surface area (Å²) in [4.78, 5) is 42.5. The Balaban J connectivity index is 1.29. The number of nitrogens with one attached hydrogen (secondary N) is 2. The second-order valence-electron chi connectivity index (χ2n) is 8.46. The third kappa shape index (κ3) is 5.08. The normalized spacial score (nSPS) is 17.3. The average Bonchev–Trinajstić information content (AvgIpc) is 3.58. The highest BCUT2D eigenvalue weighted by molar-refractivity contribution is 6.29. The fourth-order valence-electron chi connectivity index (χ4n) is 4.12. The summed E-state index contributed by atoms with van der Waals surface area (Å²) in [5, 5.41) is 15.3. The molecule has 1 aliphatic heterocycles. The lowest BCUT2D eigenvalue weighted by atomic mass is 9.95. The number of pyridine rings is 1. The molecule has 0 atom stereocenters. The Hall–Kier alpha value is -3.20. The zero-order chi connectivity index (χ0) is 23.6. The van der Waals surface area contributed by atoms with Crippen LogP contribution in [-0.2, 0) is 4.79 Å². The van der Waals surface area contributed by atoms with Gasteiger partial charge in [-0.25, -0.2) is 14.2 Å². The van der Waals surface area contributed by atoms with Gasteiger partial charge in [0.15, 0.2) is 0 Å². The Bertz CT molecular complexity index is 1080. The summed E-state index contributed by atoms with van der Waals surface area (Å²) < 4.78 is 14.0. The number of aromatic carboxylic acids is 1. The molecule has 1 aliphatic carbocycles. The number of amides is 2. The minimum atomic E-state index is -1.29. The predicted octanol–water partition coefficient (Wildman–Crippen LogP) is 2.87. The van der Waals surface area contributed by atoms with Crippen molar-refractivity contribution in [1.82, 2.24) is 15.6 Å². The Morgan fingerprint density at radius 2 is 1.85 bits per heavy atom. The van der Waals surface area contributed by atoms with Crippen molar-refractivity contribution in [1.29, 1.82) is 0 Å². The van der Waals surface area contributed by atoms with Crippen LogP contribution in [0.5, 0.6) is 0 Å². The molecule has 1 saturated heterocycles. The number of anilines is 1. The fraction of sp³-hybridized carbons (Fsp3) is 0.391. The van der Waals surface area contributed by atoms with E-state index in [1.807, 2.05) is 4.90 Å². The van der Waals surface area contributed by atoms with Gasteiger partial charge in [0.05, 0.1) is 5.69 Å². The van der Waals surface area contributed by atoms with Crippen molar-refractivity contribution in [3.63, 3.8) is 0 Å². The maximum atomic E-state index is 14.0. The smallest absolute Gasteiger partial charge is 0.340 e. The van der Waals surface area contributed by atoms with Gasteiger partial charge in [0, 0.05) is 19.6 Å². The first-order valence-corrected chi connectivity index (χ1v) is 11.2. The van der Waals surface area contributed by atoms with E-state index in [0.717, 1.165) is 18.9 Å². The number of benzene rings is 1. The number of halogens is 2. The number of piperidine rings is 1. The summed E-state index contributed by atoms with van der Waals surface area (Å²) in [7, 11) is 0. The highest BCUT2D eigenvalue weighted by Gasteiger charge is 2.51. The molecule has 0 spiro atoms. The average molecular weight is 475 g/mol. The number of carboxylic acid groups (broad SMARTS) is 1. The molecule has 2 fully saturated rings. The molecule has 2 aromatic rings.